The Hall–Kier alpha value is -2.42. The highest BCUT2D eigenvalue weighted by Gasteiger charge is 2.41. The normalized spacial score (nSPS) is 22.2. The minimum atomic E-state index is -0.942. The molecule has 0 amide bonds. The zero-order valence-electron chi connectivity index (χ0n) is 11.2. The summed E-state index contributed by atoms with van der Waals surface area (Å²) in [5.74, 6) is -0.577. The van der Waals surface area contributed by atoms with Crippen molar-refractivity contribution in [2.45, 2.75) is 31.6 Å². The van der Waals surface area contributed by atoms with Crippen LogP contribution in [0, 0.1) is 11.3 Å². The van der Waals surface area contributed by atoms with Crippen molar-refractivity contribution in [1.29, 1.82) is 5.26 Å². The van der Waals surface area contributed by atoms with Gasteiger partial charge in [-0.15, -0.1) is 0 Å². The lowest BCUT2D eigenvalue weighted by Gasteiger charge is -2.30. The van der Waals surface area contributed by atoms with Crippen molar-refractivity contribution in [1.82, 2.24) is 9.97 Å². The number of carbonyl (C=O) groups is 1. The van der Waals surface area contributed by atoms with E-state index in [0.717, 1.165) is 0 Å². The molecule has 2 rings (SSSR count). The van der Waals surface area contributed by atoms with Gasteiger partial charge in [0.25, 0.3) is 0 Å². The van der Waals surface area contributed by atoms with E-state index in [9.17, 15) is 15.2 Å². The standard InChI is InChI=1S/C14H15N3O3/c1-2-20-13(19)10-7-14(9-15,4-3-11(10)18)12-8-16-5-6-17-12/h5-6,8,18H,2-4,7H2,1H3. The van der Waals surface area contributed by atoms with E-state index in [1.807, 2.05) is 0 Å². The number of nitriles is 1. The number of allylic oxidation sites excluding steroid dienone is 1. The number of rotatable bonds is 3. The van der Waals surface area contributed by atoms with Crippen LogP contribution in [0.1, 0.15) is 31.9 Å². The molecule has 0 radical (unpaired) electrons. The largest absolute Gasteiger partial charge is 0.512 e. The number of hydrogen-bond donors (Lipinski definition) is 1. The third-order valence-corrected chi connectivity index (χ3v) is 3.40. The summed E-state index contributed by atoms with van der Waals surface area (Å²) in [5.41, 5.74) is -0.273. The van der Waals surface area contributed by atoms with Crippen LogP contribution in [-0.2, 0) is 14.9 Å². The predicted octanol–water partition coefficient (Wildman–Crippen LogP) is 1.80. The molecule has 104 valence electrons. The average molecular weight is 273 g/mol. The van der Waals surface area contributed by atoms with E-state index in [1.54, 1.807) is 6.92 Å². The Kier molecular flexibility index (Phi) is 3.99. The maximum Gasteiger partial charge on any atom is 0.337 e. The van der Waals surface area contributed by atoms with Crippen LogP contribution < -0.4 is 0 Å². The SMILES string of the molecule is CCOC(=O)C1=C(O)CCC(C#N)(c2cnccn2)C1. The number of aliphatic hydroxyl groups is 1. The minimum absolute atomic E-state index is 0.00165. The zero-order chi connectivity index (χ0) is 14.6. The third-order valence-electron chi connectivity index (χ3n) is 3.40. The van der Waals surface area contributed by atoms with Gasteiger partial charge in [-0.1, -0.05) is 0 Å². The van der Waals surface area contributed by atoms with Gasteiger partial charge in [0, 0.05) is 25.2 Å². The van der Waals surface area contributed by atoms with Crippen LogP contribution in [0.4, 0.5) is 0 Å². The van der Waals surface area contributed by atoms with Gasteiger partial charge in [-0.05, 0) is 13.3 Å². The first-order valence-electron chi connectivity index (χ1n) is 6.39. The molecule has 0 bridgehead atoms. The second-order valence-electron chi connectivity index (χ2n) is 4.61. The summed E-state index contributed by atoms with van der Waals surface area (Å²) in [7, 11) is 0. The number of hydrogen-bond acceptors (Lipinski definition) is 6. The van der Waals surface area contributed by atoms with Gasteiger partial charge < -0.3 is 9.84 Å². The van der Waals surface area contributed by atoms with Gasteiger partial charge in [0.2, 0.25) is 0 Å². The van der Waals surface area contributed by atoms with E-state index < -0.39 is 11.4 Å². The molecule has 1 heterocycles. The molecule has 20 heavy (non-hydrogen) atoms. The summed E-state index contributed by atoms with van der Waals surface area (Å²) in [4.78, 5) is 20.0. The molecular weight excluding hydrogens is 258 g/mol. The number of nitrogens with zero attached hydrogens (tertiary/aromatic N) is 3. The summed E-state index contributed by atoms with van der Waals surface area (Å²) >= 11 is 0. The zero-order valence-corrected chi connectivity index (χ0v) is 11.2. The fourth-order valence-corrected chi connectivity index (χ4v) is 2.30. The first kappa shape index (κ1) is 14.0. The van der Waals surface area contributed by atoms with Crippen LogP contribution in [0.25, 0.3) is 0 Å². The molecule has 0 aliphatic heterocycles. The van der Waals surface area contributed by atoms with Crippen LogP contribution in [0.5, 0.6) is 0 Å². The molecule has 0 saturated heterocycles. The van der Waals surface area contributed by atoms with Crippen LogP contribution in [-0.4, -0.2) is 27.7 Å². The van der Waals surface area contributed by atoms with Gasteiger partial charge >= 0.3 is 5.97 Å². The number of esters is 1. The maximum atomic E-state index is 11.9. The molecule has 0 spiro atoms. The number of aliphatic hydroxyl groups excluding tert-OH is 1. The van der Waals surface area contributed by atoms with Crippen LogP contribution >= 0.6 is 0 Å². The van der Waals surface area contributed by atoms with Crippen molar-refractivity contribution in [2.75, 3.05) is 6.61 Å². The smallest absolute Gasteiger partial charge is 0.337 e. The molecule has 1 aliphatic rings. The molecule has 6 heteroatoms. The Morgan fingerprint density at radius 2 is 2.40 bits per heavy atom. The van der Waals surface area contributed by atoms with Gasteiger partial charge in [-0.3, -0.25) is 9.97 Å². The first-order valence-corrected chi connectivity index (χ1v) is 6.39. The van der Waals surface area contributed by atoms with Crippen molar-refractivity contribution in [3.8, 4) is 6.07 Å². The summed E-state index contributed by atoms with van der Waals surface area (Å²) < 4.78 is 4.92. The molecule has 6 nitrogen and oxygen atoms in total. The molecule has 0 fully saturated rings. The number of aromatic nitrogens is 2. The van der Waals surface area contributed by atoms with Gasteiger partial charge in [0.15, 0.2) is 0 Å². The lowest BCUT2D eigenvalue weighted by Crippen LogP contribution is -2.32. The Balaban J connectivity index is 2.36. The van der Waals surface area contributed by atoms with E-state index in [2.05, 4.69) is 16.0 Å². The van der Waals surface area contributed by atoms with Gasteiger partial charge in [0.05, 0.1) is 30.1 Å². The van der Waals surface area contributed by atoms with Gasteiger partial charge in [0.1, 0.15) is 11.2 Å². The molecule has 1 aromatic heterocycles. The van der Waals surface area contributed by atoms with Crippen molar-refractivity contribution < 1.29 is 14.6 Å². The fraction of sp³-hybridized carbons (Fsp3) is 0.429. The van der Waals surface area contributed by atoms with E-state index >= 15 is 0 Å². The second kappa shape index (κ2) is 5.70. The minimum Gasteiger partial charge on any atom is -0.512 e. The van der Waals surface area contributed by atoms with Gasteiger partial charge in [-0.2, -0.15) is 5.26 Å². The Bertz CT molecular complexity index is 577. The van der Waals surface area contributed by atoms with E-state index in [0.29, 0.717) is 12.1 Å². The van der Waals surface area contributed by atoms with Crippen LogP contribution in [0.3, 0.4) is 0 Å². The lowest BCUT2D eigenvalue weighted by molar-refractivity contribution is -0.139. The predicted molar refractivity (Wildman–Crippen MR) is 69.5 cm³/mol. The first-order chi connectivity index (χ1) is 9.63. The highest BCUT2D eigenvalue weighted by Crippen LogP contribution is 2.40. The van der Waals surface area contributed by atoms with E-state index in [-0.39, 0.29) is 30.8 Å². The topological polar surface area (TPSA) is 96.1 Å². The Labute approximate surface area is 116 Å². The van der Waals surface area contributed by atoms with E-state index in [4.69, 9.17) is 4.74 Å². The number of carbonyl (C=O) groups excluding carboxylic acids is 1. The van der Waals surface area contributed by atoms with Gasteiger partial charge in [-0.25, -0.2) is 4.79 Å². The maximum absolute atomic E-state index is 11.9. The Morgan fingerprint density at radius 1 is 1.60 bits per heavy atom. The van der Waals surface area contributed by atoms with E-state index in [1.165, 1.54) is 18.6 Å². The monoisotopic (exact) mass is 273 g/mol. The highest BCUT2D eigenvalue weighted by molar-refractivity contribution is 5.89. The summed E-state index contributed by atoms with van der Waals surface area (Å²) in [6, 6.07) is 2.23. The third kappa shape index (κ3) is 2.48. The van der Waals surface area contributed by atoms with Crippen LogP contribution in [0.15, 0.2) is 29.9 Å². The molecule has 1 aliphatic carbocycles. The average Bonchev–Trinajstić information content (AvgIpc) is 2.49. The van der Waals surface area contributed by atoms with Crippen LogP contribution in [0.2, 0.25) is 0 Å². The second-order valence-corrected chi connectivity index (χ2v) is 4.61. The molecule has 0 aromatic carbocycles. The molecule has 1 aromatic rings. The molecule has 1 unspecified atom stereocenters. The quantitative estimate of drug-likeness (QED) is 0.843. The lowest BCUT2D eigenvalue weighted by atomic mass is 9.72. The molecule has 0 saturated carbocycles. The Morgan fingerprint density at radius 3 is 3.00 bits per heavy atom. The summed E-state index contributed by atoms with van der Waals surface area (Å²) in [6.45, 7) is 1.92. The molecule has 1 N–H and O–H groups in total. The van der Waals surface area contributed by atoms with Crippen molar-refractivity contribution >= 4 is 5.97 Å². The summed E-state index contributed by atoms with van der Waals surface area (Å²) in [6.07, 6.45) is 5.30. The van der Waals surface area contributed by atoms with Crippen molar-refractivity contribution in [3.63, 3.8) is 0 Å². The fourth-order valence-electron chi connectivity index (χ4n) is 2.30. The molecular formula is C14H15N3O3. The summed E-state index contributed by atoms with van der Waals surface area (Å²) in [5, 5.41) is 19.4. The van der Waals surface area contributed by atoms with Crippen molar-refractivity contribution in [2.24, 2.45) is 0 Å². The highest BCUT2D eigenvalue weighted by atomic mass is 16.5. The van der Waals surface area contributed by atoms with Crippen molar-refractivity contribution in [3.05, 3.63) is 35.6 Å². The number of ether oxygens (including phenoxy) is 1. The molecule has 1 atom stereocenters.